The van der Waals surface area contributed by atoms with Gasteiger partial charge in [0, 0.05) is 23.8 Å². The molecule has 23 heavy (non-hydrogen) atoms. The molecule has 0 saturated heterocycles. The highest BCUT2D eigenvalue weighted by Crippen LogP contribution is 2.27. The Hall–Kier alpha value is -2.63. The van der Waals surface area contributed by atoms with E-state index in [1.165, 1.54) is 18.3 Å². The molecule has 1 N–H and O–H groups in total. The van der Waals surface area contributed by atoms with Crippen molar-refractivity contribution in [2.45, 2.75) is 0 Å². The minimum absolute atomic E-state index is 0.293. The number of hydroxylamine groups is 2. The molecule has 2 aromatic rings. The van der Waals surface area contributed by atoms with Crippen molar-refractivity contribution in [3.63, 3.8) is 0 Å². The summed E-state index contributed by atoms with van der Waals surface area (Å²) in [4.78, 5) is 12.7. The lowest BCUT2D eigenvalue weighted by Crippen LogP contribution is -2.22. The summed E-state index contributed by atoms with van der Waals surface area (Å²) in [5, 5.41) is 16.6. The molecule has 0 unspecified atom stereocenters. The van der Waals surface area contributed by atoms with Gasteiger partial charge in [-0.2, -0.15) is 10.1 Å². The number of anilines is 1. The summed E-state index contributed by atoms with van der Waals surface area (Å²) >= 11 is 6.03. The molecule has 3 rings (SSSR count). The molecule has 1 aliphatic heterocycles. The predicted molar refractivity (Wildman–Crippen MR) is 89.5 cm³/mol. The summed E-state index contributed by atoms with van der Waals surface area (Å²) in [6, 6.07) is 16.2. The molecule has 0 fully saturated rings. The van der Waals surface area contributed by atoms with Crippen molar-refractivity contribution in [2.75, 3.05) is 12.1 Å². The van der Waals surface area contributed by atoms with Crippen molar-refractivity contribution in [1.29, 1.82) is 0 Å². The first-order chi connectivity index (χ1) is 11.1. The Morgan fingerprint density at radius 1 is 1.17 bits per heavy atom. The number of carbonyl (C=O) groups excluding carboxylic acids is 1. The van der Waals surface area contributed by atoms with E-state index >= 15 is 0 Å². The second kappa shape index (κ2) is 6.24. The topological polar surface area (TPSA) is 56.1 Å². The van der Waals surface area contributed by atoms with E-state index in [2.05, 4.69) is 5.10 Å². The highest BCUT2D eigenvalue weighted by atomic mass is 35.5. The van der Waals surface area contributed by atoms with E-state index in [-0.39, 0.29) is 5.91 Å². The molecule has 0 atom stereocenters. The standard InChI is InChI=1S/C17H14ClN3O2/c1-20(23)11-15-16(12-6-5-7-13(18)10-12)19-21(17(15)22)14-8-3-2-4-9-14/h2-11,23H,1H3. The lowest BCUT2D eigenvalue weighted by Gasteiger charge is -2.11. The maximum absolute atomic E-state index is 12.7. The molecule has 0 radical (unpaired) electrons. The van der Waals surface area contributed by atoms with Crippen LogP contribution in [0.25, 0.3) is 0 Å². The molecule has 1 aliphatic rings. The molecular weight excluding hydrogens is 314 g/mol. The number of rotatable bonds is 3. The second-order valence-electron chi connectivity index (χ2n) is 5.03. The molecule has 6 heteroatoms. The van der Waals surface area contributed by atoms with Crippen LogP contribution in [0.1, 0.15) is 5.56 Å². The zero-order valence-electron chi connectivity index (χ0n) is 12.3. The Kier molecular flexibility index (Phi) is 4.14. The van der Waals surface area contributed by atoms with Gasteiger partial charge in [0.15, 0.2) is 0 Å². The molecular formula is C17H14ClN3O2. The second-order valence-corrected chi connectivity index (χ2v) is 5.46. The smallest absolute Gasteiger partial charge is 0.282 e. The fraction of sp³-hybridized carbons (Fsp3) is 0.0588. The zero-order valence-corrected chi connectivity index (χ0v) is 13.1. The lowest BCUT2D eigenvalue weighted by atomic mass is 10.0. The fourth-order valence-electron chi connectivity index (χ4n) is 2.31. The van der Waals surface area contributed by atoms with Crippen LogP contribution in [0.5, 0.6) is 0 Å². The number of carbonyl (C=O) groups is 1. The minimum Gasteiger partial charge on any atom is -0.289 e. The number of halogens is 1. The zero-order chi connectivity index (χ0) is 16.4. The Morgan fingerprint density at radius 2 is 1.91 bits per heavy atom. The number of nitrogens with zero attached hydrogens (tertiary/aromatic N) is 3. The van der Waals surface area contributed by atoms with E-state index in [1.54, 1.807) is 30.3 Å². The monoisotopic (exact) mass is 327 g/mol. The average molecular weight is 328 g/mol. The third-order valence-corrected chi connectivity index (χ3v) is 3.53. The van der Waals surface area contributed by atoms with Crippen molar-refractivity contribution in [1.82, 2.24) is 5.06 Å². The van der Waals surface area contributed by atoms with E-state index in [0.717, 1.165) is 5.06 Å². The van der Waals surface area contributed by atoms with Gasteiger partial charge in [-0.05, 0) is 24.3 Å². The van der Waals surface area contributed by atoms with Crippen LogP contribution in [0.3, 0.4) is 0 Å². The van der Waals surface area contributed by atoms with Gasteiger partial charge in [0.05, 0.1) is 11.3 Å². The van der Waals surface area contributed by atoms with E-state index in [4.69, 9.17) is 11.6 Å². The van der Waals surface area contributed by atoms with E-state index in [0.29, 0.717) is 27.6 Å². The third kappa shape index (κ3) is 3.11. The van der Waals surface area contributed by atoms with Gasteiger partial charge in [0.1, 0.15) is 5.71 Å². The summed E-state index contributed by atoms with van der Waals surface area (Å²) < 4.78 is 0. The van der Waals surface area contributed by atoms with Crippen LogP contribution < -0.4 is 5.01 Å². The number of benzene rings is 2. The van der Waals surface area contributed by atoms with Gasteiger partial charge in [-0.3, -0.25) is 15.1 Å². The lowest BCUT2D eigenvalue weighted by molar-refractivity contribution is -0.114. The number of amides is 1. The van der Waals surface area contributed by atoms with Gasteiger partial charge in [-0.15, -0.1) is 0 Å². The molecule has 116 valence electrons. The summed E-state index contributed by atoms with van der Waals surface area (Å²) in [5.41, 5.74) is 2.11. The molecule has 0 aliphatic carbocycles. The number of hydrogen-bond acceptors (Lipinski definition) is 4. The number of hydrogen-bond donors (Lipinski definition) is 1. The van der Waals surface area contributed by atoms with Gasteiger partial charge in [0.25, 0.3) is 5.91 Å². The number of para-hydroxylation sites is 1. The number of hydrazone groups is 1. The SMILES string of the molecule is CN(O)C=C1C(=O)N(c2ccccc2)N=C1c1cccc(Cl)c1. The first-order valence-corrected chi connectivity index (χ1v) is 7.32. The Bertz CT molecular complexity index is 800. The maximum Gasteiger partial charge on any atom is 0.282 e. The van der Waals surface area contributed by atoms with Gasteiger partial charge in [-0.1, -0.05) is 41.9 Å². The first-order valence-electron chi connectivity index (χ1n) is 6.94. The summed E-state index contributed by atoms with van der Waals surface area (Å²) in [7, 11) is 1.43. The van der Waals surface area contributed by atoms with E-state index in [9.17, 15) is 10.0 Å². The van der Waals surface area contributed by atoms with Gasteiger partial charge in [-0.25, -0.2) is 0 Å². The van der Waals surface area contributed by atoms with Crippen LogP contribution in [-0.2, 0) is 4.79 Å². The van der Waals surface area contributed by atoms with Crippen molar-refractivity contribution in [3.8, 4) is 0 Å². The molecule has 0 spiro atoms. The van der Waals surface area contributed by atoms with Crippen molar-refractivity contribution >= 4 is 28.9 Å². The Morgan fingerprint density at radius 3 is 2.57 bits per heavy atom. The fourth-order valence-corrected chi connectivity index (χ4v) is 2.50. The molecule has 0 aromatic heterocycles. The first kappa shape index (κ1) is 15.3. The van der Waals surface area contributed by atoms with Crippen molar-refractivity contribution in [2.24, 2.45) is 5.10 Å². The van der Waals surface area contributed by atoms with E-state index in [1.807, 2.05) is 24.3 Å². The molecule has 0 saturated carbocycles. The summed E-state index contributed by atoms with van der Waals surface area (Å²) in [5.74, 6) is -0.313. The Labute approximate surface area is 138 Å². The van der Waals surface area contributed by atoms with Crippen LogP contribution in [0, 0.1) is 0 Å². The van der Waals surface area contributed by atoms with E-state index < -0.39 is 0 Å². The van der Waals surface area contributed by atoms with Crippen molar-refractivity contribution < 1.29 is 10.0 Å². The highest BCUT2D eigenvalue weighted by Gasteiger charge is 2.32. The van der Waals surface area contributed by atoms with Gasteiger partial charge >= 0.3 is 0 Å². The third-order valence-electron chi connectivity index (χ3n) is 3.29. The molecule has 1 amide bonds. The largest absolute Gasteiger partial charge is 0.289 e. The average Bonchev–Trinajstić information content (AvgIpc) is 2.85. The predicted octanol–water partition coefficient (Wildman–Crippen LogP) is 3.30. The molecule has 0 bridgehead atoms. The van der Waals surface area contributed by atoms with Gasteiger partial charge < -0.3 is 0 Å². The summed E-state index contributed by atoms with van der Waals surface area (Å²) in [6.07, 6.45) is 1.34. The summed E-state index contributed by atoms with van der Waals surface area (Å²) in [6.45, 7) is 0. The maximum atomic E-state index is 12.7. The molecule has 2 aromatic carbocycles. The highest BCUT2D eigenvalue weighted by molar-refractivity contribution is 6.36. The van der Waals surface area contributed by atoms with Crippen molar-refractivity contribution in [3.05, 3.63) is 77.0 Å². The van der Waals surface area contributed by atoms with Crippen LogP contribution in [0.2, 0.25) is 5.02 Å². The normalized spacial score (nSPS) is 16.0. The van der Waals surface area contributed by atoms with Crippen LogP contribution in [-0.4, -0.2) is 28.9 Å². The Balaban J connectivity index is 2.11. The van der Waals surface area contributed by atoms with Crippen LogP contribution >= 0.6 is 11.6 Å². The van der Waals surface area contributed by atoms with Crippen LogP contribution in [0.15, 0.2) is 71.5 Å². The molecule has 1 heterocycles. The molecule has 5 nitrogen and oxygen atoms in total. The minimum atomic E-state index is -0.313. The van der Waals surface area contributed by atoms with Gasteiger partial charge in [0.2, 0.25) is 0 Å². The quantitative estimate of drug-likeness (QED) is 0.695. The van der Waals surface area contributed by atoms with Crippen LogP contribution in [0.4, 0.5) is 5.69 Å².